The van der Waals surface area contributed by atoms with Crippen molar-refractivity contribution in [2.75, 3.05) is 31.6 Å². The number of amides is 1. The van der Waals surface area contributed by atoms with Crippen LogP contribution in [0.2, 0.25) is 0 Å². The number of para-hydroxylation sites is 1. The minimum absolute atomic E-state index is 0.0256. The van der Waals surface area contributed by atoms with E-state index in [2.05, 4.69) is 48.1 Å². The minimum Gasteiger partial charge on any atom is -0.378 e. The van der Waals surface area contributed by atoms with Gasteiger partial charge in [0.15, 0.2) is 5.65 Å². The number of dihydropyridines is 1. The zero-order valence-corrected chi connectivity index (χ0v) is 22.6. The van der Waals surface area contributed by atoms with Crippen molar-refractivity contribution in [3.63, 3.8) is 0 Å². The van der Waals surface area contributed by atoms with Crippen molar-refractivity contribution in [2.24, 2.45) is 4.99 Å². The molecular weight excluding hydrogens is 500 g/mol. The average molecular weight is 531 g/mol. The van der Waals surface area contributed by atoms with Gasteiger partial charge in [0.25, 0.3) is 5.91 Å². The van der Waals surface area contributed by atoms with E-state index in [1.807, 2.05) is 65.7 Å². The third kappa shape index (κ3) is 5.37. The topological polar surface area (TPSA) is 84.1 Å². The summed E-state index contributed by atoms with van der Waals surface area (Å²) in [7, 11) is 0. The Hall–Kier alpha value is -4.74. The largest absolute Gasteiger partial charge is 0.378 e. The van der Waals surface area contributed by atoms with E-state index < -0.39 is 5.66 Å². The Labute approximate surface area is 233 Å². The number of aliphatic imine (C=N–C) groups is 1. The normalized spacial score (nSPS) is 18.6. The fourth-order valence-corrected chi connectivity index (χ4v) is 4.92. The standard InChI is InChI=1S/C32H30N6O2/c1-23-5-3-4-6-28(23)35-32(2)21-24(15-16-34-32)7-12-27-22-33-30-14-13-29(36-38(27)30)25-8-10-26(11-9-25)31(39)37-17-19-40-20-18-37/h3-6,8-11,13-16,22,35H,17-21H2,1-2H3. The molecule has 1 fully saturated rings. The van der Waals surface area contributed by atoms with Gasteiger partial charge in [-0.1, -0.05) is 36.3 Å². The third-order valence-electron chi connectivity index (χ3n) is 7.16. The number of hydrogen-bond donors (Lipinski definition) is 1. The number of carbonyl (C=O) groups excluding carboxylic acids is 1. The zero-order chi connectivity index (χ0) is 27.5. The van der Waals surface area contributed by atoms with Gasteiger partial charge in [0.1, 0.15) is 11.4 Å². The van der Waals surface area contributed by atoms with Crippen LogP contribution in [0.4, 0.5) is 5.69 Å². The number of morpholine rings is 1. The Kier molecular flexibility index (Phi) is 6.89. The lowest BCUT2D eigenvalue weighted by Gasteiger charge is -2.30. The van der Waals surface area contributed by atoms with E-state index in [4.69, 9.17) is 14.8 Å². The van der Waals surface area contributed by atoms with Gasteiger partial charge in [0, 0.05) is 48.1 Å². The second-order valence-corrected chi connectivity index (χ2v) is 10.2. The van der Waals surface area contributed by atoms with Crippen LogP contribution in [0, 0.1) is 18.8 Å². The number of allylic oxidation sites excluding steroid dienone is 1. The van der Waals surface area contributed by atoms with Crippen LogP contribution in [-0.2, 0) is 4.74 Å². The van der Waals surface area contributed by atoms with Crippen LogP contribution < -0.4 is 5.32 Å². The molecule has 1 atom stereocenters. The van der Waals surface area contributed by atoms with Crippen molar-refractivity contribution < 1.29 is 9.53 Å². The molecular formula is C32H30N6O2. The summed E-state index contributed by atoms with van der Waals surface area (Å²) in [5.41, 5.74) is 6.51. The molecule has 6 rings (SSSR count). The Morgan fingerprint density at radius 3 is 2.62 bits per heavy atom. The van der Waals surface area contributed by atoms with Gasteiger partial charge in [-0.05, 0) is 61.7 Å². The highest BCUT2D eigenvalue weighted by molar-refractivity contribution is 5.94. The van der Waals surface area contributed by atoms with Gasteiger partial charge in [-0.15, -0.1) is 0 Å². The highest BCUT2D eigenvalue weighted by Gasteiger charge is 2.26. The molecule has 8 nitrogen and oxygen atoms in total. The number of aryl methyl sites for hydroxylation is 1. The molecule has 0 bridgehead atoms. The lowest BCUT2D eigenvalue weighted by molar-refractivity contribution is 0.0303. The van der Waals surface area contributed by atoms with E-state index in [0.29, 0.717) is 44.0 Å². The van der Waals surface area contributed by atoms with Crippen molar-refractivity contribution in [2.45, 2.75) is 25.9 Å². The number of fused-ring (bicyclic) bond motifs is 1. The summed E-state index contributed by atoms with van der Waals surface area (Å²) < 4.78 is 7.12. The maximum absolute atomic E-state index is 12.8. The molecule has 2 aromatic carbocycles. The molecule has 1 saturated heterocycles. The number of rotatable bonds is 4. The van der Waals surface area contributed by atoms with Crippen LogP contribution in [0.15, 0.2) is 83.5 Å². The first-order valence-electron chi connectivity index (χ1n) is 13.4. The van der Waals surface area contributed by atoms with Gasteiger partial charge in [-0.25, -0.2) is 9.50 Å². The molecule has 0 aliphatic carbocycles. The van der Waals surface area contributed by atoms with Gasteiger partial charge < -0.3 is 15.0 Å². The van der Waals surface area contributed by atoms with Gasteiger partial charge in [0.05, 0.1) is 25.1 Å². The molecule has 4 heterocycles. The number of imidazole rings is 1. The fraction of sp³-hybridized carbons (Fsp3) is 0.250. The Bertz CT molecular complexity index is 1690. The van der Waals surface area contributed by atoms with Gasteiger partial charge in [-0.3, -0.25) is 9.79 Å². The van der Waals surface area contributed by atoms with E-state index in [-0.39, 0.29) is 5.91 Å². The number of ether oxygens (including phenoxy) is 1. The number of anilines is 1. The van der Waals surface area contributed by atoms with Crippen LogP contribution in [0.5, 0.6) is 0 Å². The van der Waals surface area contributed by atoms with Crippen molar-refractivity contribution in [1.29, 1.82) is 0 Å². The number of aromatic nitrogens is 3. The Balaban J connectivity index is 1.20. The van der Waals surface area contributed by atoms with Crippen LogP contribution >= 0.6 is 0 Å². The van der Waals surface area contributed by atoms with Crippen LogP contribution in [0.3, 0.4) is 0 Å². The number of carbonyl (C=O) groups is 1. The summed E-state index contributed by atoms with van der Waals surface area (Å²) in [6.45, 7) is 6.56. The monoisotopic (exact) mass is 530 g/mol. The summed E-state index contributed by atoms with van der Waals surface area (Å²) in [4.78, 5) is 23.8. The van der Waals surface area contributed by atoms with E-state index in [9.17, 15) is 4.79 Å². The van der Waals surface area contributed by atoms with Crippen molar-refractivity contribution in [3.8, 4) is 23.1 Å². The average Bonchev–Trinajstić information content (AvgIpc) is 3.40. The molecule has 2 aliphatic heterocycles. The summed E-state index contributed by atoms with van der Waals surface area (Å²) in [5.74, 6) is 6.59. The number of hydrogen-bond acceptors (Lipinski definition) is 6. The van der Waals surface area contributed by atoms with Crippen LogP contribution in [-0.4, -0.2) is 63.6 Å². The molecule has 0 spiro atoms. The first-order valence-corrected chi connectivity index (χ1v) is 13.4. The Morgan fingerprint density at radius 2 is 1.82 bits per heavy atom. The maximum Gasteiger partial charge on any atom is 0.254 e. The third-order valence-corrected chi connectivity index (χ3v) is 7.16. The SMILES string of the molecule is Cc1ccccc1NC1(C)CC(C#Cc2cnc3ccc(-c4ccc(C(=O)N5CCOCC5)cc4)nn23)=CC=N1. The Morgan fingerprint density at radius 1 is 1.02 bits per heavy atom. The smallest absolute Gasteiger partial charge is 0.254 e. The second-order valence-electron chi connectivity index (χ2n) is 10.2. The highest BCUT2D eigenvalue weighted by atomic mass is 16.5. The second kappa shape index (κ2) is 10.8. The van der Waals surface area contributed by atoms with Crippen LogP contribution in [0.1, 0.15) is 35.0 Å². The molecule has 2 aliphatic rings. The predicted octanol–water partition coefficient (Wildman–Crippen LogP) is 4.76. The molecule has 200 valence electrons. The van der Waals surface area contributed by atoms with Gasteiger partial charge in [0.2, 0.25) is 0 Å². The molecule has 8 heteroatoms. The maximum atomic E-state index is 12.8. The minimum atomic E-state index is -0.481. The molecule has 1 amide bonds. The van der Waals surface area contributed by atoms with E-state index in [1.54, 1.807) is 10.7 Å². The lowest BCUT2D eigenvalue weighted by atomic mass is 9.98. The van der Waals surface area contributed by atoms with Crippen LogP contribution in [0.25, 0.3) is 16.9 Å². The van der Waals surface area contributed by atoms with Crippen molar-refractivity contribution >= 4 is 23.5 Å². The molecule has 4 aromatic rings. The molecule has 40 heavy (non-hydrogen) atoms. The number of benzene rings is 2. The first-order chi connectivity index (χ1) is 19.5. The molecule has 0 radical (unpaired) electrons. The first kappa shape index (κ1) is 25.5. The van der Waals surface area contributed by atoms with Gasteiger partial charge in [-0.2, -0.15) is 5.10 Å². The van der Waals surface area contributed by atoms with E-state index in [1.165, 1.54) is 5.56 Å². The molecule has 2 aromatic heterocycles. The van der Waals surface area contributed by atoms with E-state index >= 15 is 0 Å². The summed E-state index contributed by atoms with van der Waals surface area (Å²) in [5, 5.41) is 8.38. The molecule has 0 saturated carbocycles. The predicted molar refractivity (Wildman–Crippen MR) is 156 cm³/mol. The fourth-order valence-electron chi connectivity index (χ4n) is 4.92. The lowest BCUT2D eigenvalue weighted by Crippen LogP contribution is -2.40. The number of nitrogens with one attached hydrogen (secondary N) is 1. The summed E-state index contributed by atoms with van der Waals surface area (Å²) in [6, 6.07) is 19.6. The zero-order valence-electron chi connectivity index (χ0n) is 22.6. The molecule has 1 unspecified atom stereocenters. The van der Waals surface area contributed by atoms with E-state index in [0.717, 1.165) is 28.2 Å². The quantitative estimate of drug-likeness (QED) is 0.385. The van der Waals surface area contributed by atoms with Gasteiger partial charge >= 0.3 is 0 Å². The van der Waals surface area contributed by atoms with Crippen molar-refractivity contribution in [3.05, 3.63) is 95.3 Å². The van der Waals surface area contributed by atoms with Crippen molar-refractivity contribution in [1.82, 2.24) is 19.5 Å². The molecule has 1 N–H and O–H groups in total. The summed E-state index contributed by atoms with van der Waals surface area (Å²) >= 11 is 0. The highest BCUT2D eigenvalue weighted by Crippen LogP contribution is 2.27. The summed E-state index contributed by atoms with van der Waals surface area (Å²) in [6.07, 6.45) is 6.18. The number of nitrogens with zero attached hydrogens (tertiary/aromatic N) is 5.